The fraction of sp³-hybridized carbons (Fsp3) is 0.522. The van der Waals surface area contributed by atoms with Crippen LogP contribution in [0.25, 0.3) is 11.4 Å². The van der Waals surface area contributed by atoms with Crippen molar-refractivity contribution in [3.05, 3.63) is 41.6 Å². The van der Waals surface area contributed by atoms with Gasteiger partial charge in [0, 0.05) is 54.5 Å². The minimum atomic E-state index is 0.0963. The van der Waals surface area contributed by atoms with Gasteiger partial charge in [0.15, 0.2) is 5.82 Å². The molecule has 1 aromatic carbocycles. The van der Waals surface area contributed by atoms with Gasteiger partial charge in [0.05, 0.1) is 5.92 Å². The van der Waals surface area contributed by atoms with E-state index in [2.05, 4.69) is 21.9 Å². The quantitative estimate of drug-likeness (QED) is 0.779. The molecule has 2 fully saturated rings. The van der Waals surface area contributed by atoms with E-state index < -0.39 is 0 Å². The van der Waals surface area contributed by atoms with Crippen molar-refractivity contribution in [2.75, 3.05) is 42.6 Å². The van der Waals surface area contributed by atoms with Crippen LogP contribution in [0.5, 0.6) is 0 Å². The molecular weight excluding hydrogens is 380 g/mol. The van der Waals surface area contributed by atoms with Crippen LogP contribution < -0.4 is 4.90 Å². The first-order chi connectivity index (χ1) is 14.3. The second-order valence-corrected chi connectivity index (χ2v) is 9.46. The predicted molar refractivity (Wildman–Crippen MR) is 118 cm³/mol. The number of benzene rings is 1. The maximum Gasteiger partial charge on any atom is 0.227 e. The highest BCUT2D eigenvalue weighted by Crippen LogP contribution is 2.34. The van der Waals surface area contributed by atoms with Gasteiger partial charge in [-0.3, -0.25) is 4.79 Å². The Labute approximate surface area is 176 Å². The van der Waals surface area contributed by atoms with Gasteiger partial charge in [0.1, 0.15) is 5.82 Å². The van der Waals surface area contributed by atoms with Crippen LogP contribution in [-0.4, -0.2) is 58.5 Å². The summed E-state index contributed by atoms with van der Waals surface area (Å²) in [6.07, 6.45) is 5.29. The van der Waals surface area contributed by atoms with E-state index in [4.69, 9.17) is 9.97 Å². The average molecular weight is 409 g/mol. The molecule has 6 heteroatoms. The van der Waals surface area contributed by atoms with Crippen LogP contribution in [0.15, 0.2) is 30.3 Å². The standard InChI is InChI=1S/C23H28N4OS/c28-23(26-12-14-29-15-13-26)18-8-5-11-27(16-18)22-19-9-4-10-20(19)24-21(25-22)17-6-2-1-3-7-17/h1-3,6-7,18H,4-5,8-16H2/t18-/m1/s1. The third-order valence-corrected chi connectivity index (χ3v) is 7.28. The molecule has 29 heavy (non-hydrogen) atoms. The van der Waals surface area contributed by atoms with E-state index in [0.717, 1.165) is 87.0 Å². The van der Waals surface area contributed by atoms with Gasteiger partial charge < -0.3 is 9.80 Å². The lowest BCUT2D eigenvalue weighted by atomic mass is 9.96. The number of hydrogen-bond donors (Lipinski definition) is 0. The van der Waals surface area contributed by atoms with Crippen LogP contribution in [0.3, 0.4) is 0 Å². The topological polar surface area (TPSA) is 49.3 Å². The van der Waals surface area contributed by atoms with Gasteiger partial charge >= 0.3 is 0 Å². The monoisotopic (exact) mass is 408 g/mol. The fourth-order valence-electron chi connectivity index (χ4n) is 4.80. The summed E-state index contributed by atoms with van der Waals surface area (Å²) in [4.78, 5) is 27.5. The number of nitrogens with zero attached hydrogens (tertiary/aromatic N) is 4. The number of aromatic nitrogens is 2. The number of thioether (sulfide) groups is 1. The summed E-state index contributed by atoms with van der Waals surface area (Å²) in [6, 6.07) is 10.3. The van der Waals surface area contributed by atoms with E-state index in [1.807, 2.05) is 30.0 Å². The van der Waals surface area contributed by atoms with E-state index in [1.54, 1.807) is 0 Å². The second kappa shape index (κ2) is 8.34. The Kier molecular flexibility index (Phi) is 5.44. The molecule has 3 heterocycles. The van der Waals surface area contributed by atoms with E-state index in [1.165, 1.54) is 11.3 Å². The number of carbonyl (C=O) groups is 1. The van der Waals surface area contributed by atoms with Crippen molar-refractivity contribution in [3.8, 4) is 11.4 Å². The number of piperidine rings is 1. The molecular formula is C23H28N4OS. The molecule has 0 unspecified atom stereocenters. The molecule has 0 N–H and O–H groups in total. The van der Waals surface area contributed by atoms with Crippen molar-refractivity contribution >= 4 is 23.5 Å². The van der Waals surface area contributed by atoms with Gasteiger partial charge in [-0.25, -0.2) is 9.97 Å². The van der Waals surface area contributed by atoms with Crippen LogP contribution in [0.1, 0.15) is 30.5 Å². The van der Waals surface area contributed by atoms with Crippen molar-refractivity contribution in [1.82, 2.24) is 14.9 Å². The van der Waals surface area contributed by atoms with Crippen LogP contribution in [0.2, 0.25) is 0 Å². The van der Waals surface area contributed by atoms with Gasteiger partial charge in [-0.2, -0.15) is 11.8 Å². The fourth-order valence-corrected chi connectivity index (χ4v) is 5.71. The van der Waals surface area contributed by atoms with E-state index in [0.29, 0.717) is 5.91 Å². The Hall–Kier alpha value is -2.08. The molecule has 5 rings (SSSR count). The molecule has 2 aliphatic heterocycles. The normalized spacial score (nSPS) is 21.9. The molecule has 0 radical (unpaired) electrons. The molecule has 0 saturated carbocycles. The summed E-state index contributed by atoms with van der Waals surface area (Å²) in [6.45, 7) is 3.58. The lowest BCUT2D eigenvalue weighted by molar-refractivity contribution is -0.135. The number of amides is 1. The molecule has 1 amide bonds. The van der Waals surface area contributed by atoms with Crippen molar-refractivity contribution < 1.29 is 4.79 Å². The molecule has 1 atom stereocenters. The zero-order valence-corrected chi connectivity index (χ0v) is 17.7. The molecule has 152 valence electrons. The van der Waals surface area contributed by atoms with Crippen LogP contribution in [-0.2, 0) is 17.6 Å². The summed E-state index contributed by atoms with van der Waals surface area (Å²) in [5.41, 5.74) is 3.58. The van der Waals surface area contributed by atoms with Gasteiger partial charge in [0.2, 0.25) is 5.91 Å². The Balaban J connectivity index is 1.42. The number of aryl methyl sites for hydroxylation is 1. The van der Waals surface area contributed by atoms with Gasteiger partial charge in [0.25, 0.3) is 0 Å². The zero-order chi connectivity index (χ0) is 19.6. The third-order valence-electron chi connectivity index (χ3n) is 6.34. The third kappa shape index (κ3) is 3.87. The Bertz CT molecular complexity index is 882. The number of anilines is 1. The first-order valence-corrected chi connectivity index (χ1v) is 12.0. The summed E-state index contributed by atoms with van der Waals surface area (Å²) in [5.74, 6) is 4.49. The van der Waals surface area contributed by atoms with Crippen molar-refractivity contribution in [2.24, 2.45) is 5.92 Å². The summed E-state index contributed by atoms with van der Waals surface area (Å²) >= 11 is 1.95. The highest BCUT2D eigenvalue weighted by molar-refractivity contribution is 7.99. The minimum absolute atomic E-state index is 0.0963. The predicted octanol–water partition coefficient (Wildman–Crippen LogP) is 3.42. The Morgan fingerprint density at radius 1 is 1.00 bits per heavy atom. The zero-order valence-electron chi connectivity index (χ0n) is 16.8. The van der Waals surface area contributed by atoms with Gasteiger partial charge in [-0.1, -0.05) is 30.3 Å². The summed E-state index contributed by atoms with van der Waals surface area (Å²) < 4.78 is 0. The maximum atomic E-state index is 13.1. The summed E-state index contributed by atoms with van der Waals surface area (Å²) in [7, 11) is 0. The highest BCUT2D eigenvalue weighted by Gasteiger charge is 2.32. The van der Waals surface area contributed by atoms with E-state index in [9.17, 15) is 4.79 Å². The van der Waals surface area contributed by atoms with Crippen molar-refractivity contribution in [3.63, 3.8) is 0 Å². The average Bonchev–Trinajstić information content (AvgIpc) is 3.28. The second-order valence-electron chi connectivity index (χ2n) is 8.24. The molecule has 2 aromatic rings. The van der Waals surface area contributed by atoms with Crippen molar-refractivity contribution in [2.45, 2.75) is 32.1 Å². The molecule has 0 spiro atoms. The largest absolute Gasteiger partial charge is 0.355 e. The molecule has 2 saturated heterocycles. The highest BCUT2D eigenvalue weighted by atomic mass is 32.2. The van der Waals surface area contributed by atoms with E-state index in [-0.39, 0.29) is 5.92 Å². The smallest absolute Gasteiger partial charge is 0.227 e. The summed E-state index contributed by atoms with van der Waals surface area (Å²) in [5, 5.41) is 0. The van der Waals surface area contributed by atoms with E-state index >= 15 is 0 Å². The number of fused-ring (bicyclic) bond motifs is 1. The maximum absolute atomic E-state index is 13.1. The van der Waals surface area contributed by atoms with Gasteiger partial charge in [-0.15, -0.1) is 0 Å². The lowest BCUT2D eigenvalue weighted by Gasteiger charge is -2.37. The van der Waals surface area contributed by atoms with Crippen LogP contribution in [0, 0.1) is 5.92 Å². The molecule has 1 aromatic heterocycles. The molecule has 3 aliphatic rings. The lowest BCUT2D eigenvalue weighted by Crippen LogP contribution is -2.47. The molecule has 0 bridgehead atoms. The number of rotatable bonds is 3. The Morgan fingerprint density at radius 3 is 2.66 bits per heavy atom. The SMILES string of the molecule is O=C([C@@H]1CCCN(c2nc(-c3ccccc3)nc3c2CCC3)C1)N1CCSCC1. The van der Waals surface area contributed by atoms with Crippen LogP contribution in [0.4, 0.5) is 5.82 Å². The first kappa shape index (κ1) is 18.9. The number of hydrogen-bond acceptors (Lipinski definition) is 5. The van der Waals surface area contributed by atoms with Crippen molar-refractivity contribution in [1.29, 1.82) is 0 Å². The van der Waals surface area contributed by atoms with Gasteiger partial charge in [-0.05, 0) is 32.1 Å². The Morgan fingerprint density at radius 2 is 1.83 bits per heavy atom. The molecule has 1 aliphatic carbocycles. The minimum Gasteiger partial charge on any atom is -0.355 e. The number of carbonyl (C=O) groups excluding carboxylic acids is 1. The molecule has 5 nitrogen and oxygen atoms in total. The first-order valence-electron chi connectivity index (χ1n) is 10.9. The van der Waals surface area contributed by atoms with Crippen LogP contribution >= 0.6 is 11.8 Å².